The summed E-state index contributed by atoms with van der Waals surface area (Å²) in [6, 6.07) is 7.69. The van der Waals surface area contributed by atoms with Crippen LogP contribution in [0.3, 0.4) is 0 Å². The fraction of sp³-hybridized carbons (Fsp3) is 0.182. The van der Waals surface area contributed by atoms with Crippen LogP contribution in [0.2, 0.25) is 5.02 Å². The summed E-state index contributed by atoms with van der Waals surface area (Å²) < 4.78 is 1.72. The van der Waals surface area contributed by atoms with Crippen LogP contribution in [0.5, 0.6) is 0 Å². The third-order valence-corrected chi connectivity index (χ3v) is 2.99. The van der Waals surface area contributed by atoms with Crippen LogP contribution in [0.4, 0.5) is 0 Å². The van der Waals surface area contributed by atoms with Crippen LogP contribution in [0.15, 0.2) is 24.3 Å². The number of nitrogens with one attached hydrogen (secondary N) is 1. The van der Waals surface area contributed by atoms with Gasteiger partial charge in [-0.25, -0.2) is 0 Å². The molecular weight excluding hydrogens is 212 g/mol. The lowest BCUT2D eigenvalue weighted by molar-refractivity contribution is 0.0900. The molecule has 0 bridgehead atoms. The fourth-order valence-electron chi connectivity index (χ4n) is 2.06. The van der Waals surface area contributed by atoms with Gasteiger partial charge in [0.15, 0.2) is 0 Å². The lowest BCUT2D eigenvalue weighted by atomic mass is 10.2. The van der Waals surface area contributed by atoms with Gasteiger partial charge in [0.05, 0.1) is 17.1 Å². The Morgan fingerprint density at radius 3 is 3.07 bits per heavy atom. The number of benzene rings is 1. The summed E-state index contributed by atoms with van der Waals surface area (Å²) in [5.41, 5.74) is 1.81. The predicted molar refractivity (Wildman–Crippen MR) is 59.3 cm³/mol. The largest absolute Gasteiger partial charge is 0.303 e. The number of carbonyl (C=O) groups excluding carboxylic acids is 1. The number of para-hydroxylation sites is 1. The van der Waals surface area contributed by atoms with Crippen molar-refractivity contribution in [1.82, 2.24) is 9.88 Å². The summed E-state index contributed by atoms with van der Waals surface area (Å²) in [5.74, 6) is 0.0550. The SMILES string of the molecule is O=C1CNCc2cc3cccc(Cl)c3n21. The molecule has 0 saturated carbocycles. The van der Waals surface area contributed by atoms with Crippen molar-refractivity contribution in [3.63, 3.8) is 0 Å². The van der Waals surface area contributed by atoms with E-state index in [2.05, 4.69) is 5.32 Å². The third kappa shape index (κ3) is 1.20. The quantitative estimate of drug-likeness (QED) is 0.737. The van der Waals surface area contributed by atoms with Crippen LogP contribution in [-0.4, -0.2) is 17.0 Å². The van der Waals surface area contributed by atoms with Gasteiger partial charge in [0.1, 0.15) is 0 Å². The molecular formula is C11H9ClN2O. The van der Waals surface area contributed by atoms with E-state index in [1.807, 2.05) is 24.3 Å². The van der Waals surface area contributed by atoms with E-state index in [1.54, 1.807) is 4.57 Å². The summed E-state index contributed by atoms with van der Waals surface area (Å²) in [6.45, 7) is 1.10. The normalized spacial score (nSPS) is 15.7. The zero-order valence-corrected chi connectivity index (χ0v) is 8.71. The maximum absolute atomic E-state index is 11.8. The molecule has 1 aromatic heterocycles. The highest BCUT2D eigenvalue weighted by Crippen LogP contribution is 2.27. The van der Waals surface area contributed by atoms with Crippen molar-refractivity contribution in [1.29, 1.82) is 0 Å². The molecule has 1 aliphatic heterocycles. The molecule has 76 valence electrons. The van der Waals surface area contributed by atoms with Crippen molar-refractivity contribution in [3.8, 4) is 0 Å². The Labute approximate surface area is 91.6 Å². The Morgan fingerprint density at radius 2 is 2.20 bits per heavy atom. The highest BCUT2D eigenvalue weighted by atomic mass is 35.5. The average Bonchev–Trinajstić information content (AvgIpc) is 2.58. The lowest BCUT2D eigenvalue weighted by Crippen LogP contribution is -2.34. The molecule has 3 nitrogen and oxygen atoms in total. The molecule has 0 amide bonds. The molecule has 0 saturated heterocycles. The number of hydrogen-bond donors (Lipinski definition) is 1. The van der Waals surface area contributed by atoms with Gasteiger partial charge in [-0.15, -0.1) is 0 Å². The van der Waals surface area contributed by atoms with Gasteiger partial charge in [-0.3, -0.25) is 9.36 Å². The van der Waals surface area contributed by atoms with Crippen molar-refractivity contribution in [2.24, 2.45) is 0 Å². The van der Waals surface area contributed by atoms with Crippen LogP contribution in [0, 0.1) is 0 Å². The van der Waals surface area contributed by atoms with E-state index in [0.29, 0.717) is 11.6 Å². The van der Waals surface area contributed by atoms with E-state index in [1.165, 1.54) is 0 Å². The first kappa shape index (κ1) is 8.95. The minimum Gasteiger partial charge on any atom is -0.303 e. The number of rotatable bonds is 0. The van der Waals surface area contributed by atoms with Gasteiger partial charge in [-0.1, -0.05) is 23.7 Å². The zero-order chi connectivity index (χ0) is 10.4. The number of fused-ring (bicyclic) bond motifs is 3. The summed E-state index contributed by atoms with van der Waals surface area (Å²) in [5, 5.41) is 4.71. The van der Waals surface area contributed by atoms with Crippen LogP contribution in [0.25, 0.3) is 10.9 Å². The van der Waals surface area contributed by atoms with E-state index in [0.717, 1.165) is 23.1 Å². The zero-order valence-electron chi connectivity index (χ0n) is 7.96. The Kier molecular flexibility index (Phi) is 1.84. The Balaban J connectivity index is 2.44. The molecule has 0 fully saturated rings. The molecule has 0 spiro atoms. The first-order valence-electron chi connectivity index (χ1n) is 4.80. The number of aromatic nitrogens is 1. The second-order valence-electron chi connectivity index (χ2n) is 3.65. The smallest absolute Gasteiger partial charge is 0.245 e. The number of halogens is 1. The number of carbonyl (C=O) groups is 1. The maximum atomic E-state index is 11.8. The van der Waals surface area contributed by atoms with E-state index < -0.39 is 0 Å². The first-order chi connectivity index (χ1) is 7.27. The van der Waals surface area contributed by atoms with Crippen molar-refractivity contribution >= 4 is 28.4 Å². The van der Waals surface area contributed by atoms with Gasteiger partial charge in [-0.2, -0.15) is 0 Å². The van der Waals surface area contributed by atoms with Gasteiger partial charge in [0, 0.05) is 17.6 Å². The monoisotopic (exact) mass is 220 g/mol. The summed E-state index contributed by atoms with van der Waals surface area (Å²) in [4.78, 5) is 11.8. The van der Waals surface area contributed by atoms with E-state index in [9.17, 15) is 4.79 Å². The molecule has 1 aromatic carbocycles. The van der Waals surface area contributed by atoms with Crippen molar-refractivity contribution in [2.45, 2.75) is 6.54 Å². The standard InChI is InChI=1S/C11H9ClN2O/c12-9-3-1-2-7-4-8-5-13-6-10(15)14(8)11(7)9/h1-4,13H,5-6H2. The first-order valence-corrected chi connectivity index (χ1v) is 5.18. The fourth-order valence-corrected chi connectivity index (χ4v) is 2.33. The highest BCUT2D eigenvalue weighted by Gasteiger charge is 2.20. The van der Waals surface area contributed by atoms with Gasteiger partial charge < -0.3 is 5.32 Å². The van der Waals surface area contributed by atoms with Crippen LogP contribution < -0.4 is 5.32 Å². The van der Waals surface area contributed by atoms with Crippen molar-refractivity contribution < 1.29 is 4.79 Å². The van der Waals surface area contributed by atoms with Crippen LogP contribution in [0.1, 0.15) is 10.5 Å². The molecule has 0 aliphatic carbocycles. The van der Waals surface area contributed by atoms with Gasteiger partial charge in [-0.05, 0) is 12.1 Å². The Hall–Kier alpha value is -1.32. The van der Waals surface area contributed by atoms with Crippen molar-refractivity contribution in [3.05, 3.63) is 35.0 Å². The minimum atomic E-state index is 0.0550. The van der Waals surface area contributed by atoms with Gasteiger partial charge in [0.25, 0.3) is 0 Å². The molecule has 0 unspecified atom stereocenters. The number of hydrogen-bond acceptors (Lipinski definition) is 2. The van der Waals surface area contributed by atoms with Crippen LogP contribution in [-0.2, 0) is 6.54 Å². The molecule has 3 rings (SSSR count). The summed E-state index contributed by atoms with van der Waals surface area (Å²) in [6.07, 6.45) is 0. The second-order valence-corrected chi connectivity index (χ2v) is 4.05. The average molecular weight is 221 g/mol. The molecule has 2 heterocycles. The van der Waals surface area contributed by atoms with Gasteiger partial charge in [0.2, 0.25) is 5.91 Å². The van der Waals surface area contributed by atoms with Gasteiger partial charge >= 0.3 is 0 Å². The molecule has 1 aliphatic rings. The maximum Gasteiger partial charge on any atom is 0.245 e. The predicted octanol–water partition coefficient (Wildman–Crippen LogP) is 2.04. The van der Waals surface area contributed by atoms with E-state index in [4.69, 9.17) is 11.6 Å². The molecule has 0 radical (unpaired) electrons. The lowest BCUT2D eigenvalue weighted by Gasteiger charge is -2.15. The summed E-state index contributed by atoms with van der Waals surface area (Å²) in [7, 11) is 0. The highest BCUT2D eigenvalue weighted by molar-refractivity contribution is 6.35. The molecule has 2 aromatic rings. The molecule has 15 heavy (non-hydrogen) atoms. The molecule has 4 heteroatoms. The van der Waals surface area contributed by atoms with E-state index in [-0.39, 0.29) is 5.91 Å². The summed E-state index contributed by atoms with van der Waals surface area (Å²) >= 11 is 6.11. The molecule has 0 atom stereocenters. The Morgan fingerprint density at radius 1 is 1.33 bits per heavy atom. The molecule has 1 N–H and O–H groups in total. The number of nitrogens with zero attached hydrogens (tertiary/aromatic N) is 1. The van der Waals surface area contributed by atoms with Crippen LogP contribution >= 0.6 is 11.6 Å². The topological polar surface area (TPSA) is 34.0 Å². The third-order valence-electron chi connectivity index (χ3n) is 2.68. The minimum absolute atomic E-state index is 0.0550. The second kappa shape index (κ2) is 3.08. The van der Waals surface area contributed by atoms with E-state index >= 15 is 0 Å². The Bertz CT molecular complexity index is 559. The van der Waals surface area contributed by atoms with Crippen molar-refractivity contribution in [2.75, 3.05) is 6.54 Å².